The summed E-state index contributed by atoms with van der Waals surface area (Å²) in [6.45, 7) is 0. The lowest BCUT2D eigenvalue weighted by Crippen LogP contribution is -2.20. The summed E-state index contributed by atoms with van der Waals surface area (Å²) in [7, 11) is 1.23. The van der Waals surface area contributed by atoms with Gasteiger partial charge in [0.1, 0.15) is 3.57 Å². The summed E-state index contributed by atoms with van der Waals surface area (Å²) in [5.41, 5.74) is -0.176. The number of hydrogen-bond donors (Lipinski definition) is 1. The molecule has 5 nitrogen and oxygen atoms in total. The van der Waals surface area contributed by atoms with Crippen molar-refractivity contribution in [2.45, 2.75) is 12.8 Å². The molecule has 0 fully saturated rings. The van der Waals surface area contributed by atoms with E-state index in [9.17, 15) is 18.0 Å². The molecule has 0 aliphatic rings. The number of carboxylic acids is 1. The normalized spacial score (nSPS) is 11.2. The minimum atomic E-state index is -4.92. The van der Waals surface area contributed by atoms with Crippen LogP contribution in [0, 0.1) is 3.57 Å². The fraction of sp³-hybridized carbons (Fsp3) is 0.333. The standard InChI is InChI=1S/C9H7F3INO4/c1-17-8-6(13)7(18-9(10,11)12)4(3-14-8)2-5(15)16/h3H,2H2,1H3,(H,15,16). The number of halogens is 4. The number of carbonyl (C=O) groups is 1. The first-order chi connectivity index (χ1) is 8.24. The summed E-state index contributed by atoms with van der Waals surface area (Å²) < 4.78 is 45.2. The molecule has 0 spiro atoms. The molecule has 0 radical (unpaired) electrons. The summed E-state index contributed by atoms with van der Waals surface area (Å²) in [4.78, 5) is 14.3. The Labute approximate surface area is 113 Å². The van der Waals surface area contributed by atoms with Crippen LogP contribution in [-0.2, 0) is 11.2 Å². The highest BCUT2D eigenvalue weighted by molar-refractivity contribution is 14.1. The Balaban J connectivity index is 3.26. The van der Waals surface area contributed by atoms with Crippen LogP contribution in [0.25, 0.3) is 0 Å². The number of rotatable bonds is 4. The van der Waals surface area contributed by atoms with E-state index in [0.29, 0.717) is 0 Å². The Bertz CT molecular complexity index is 464. The van der Waals surface area contributed by atoms with Crippen molar-refractivity contribution in [1.82, 2.24) is 4.98 Å². The molecule has 0 aliphatic carbocycles. The number of aliphatic carboxylic acids is 1. The summed E-state index contributed by atoms with van der Waals surface area (Å²) >= 11 is 1.55. The quantitative estimate of drug-likeness (QED) is 0.816. The van der Waals surface area contributed by atoms with Gasteiger partial charge in [0.2, 0.25) is 5.88 Å². The second-order valence-corrected chi connectivity index (χ2v) is 4.13. The van der Waals surface area contributed by atoms with Gasteiger partial charge in [0.05, 0.1) is 13.5 Å². The van der Waals surface area contributed by atoms with Gasteiger partial charge in [0, 0.05) is 11.8 Å². The third-order valence-electron chi connectivity index (χ3n) is 1.77. The number of methoxy groups -OCH3 is 1. The van der Waals surface area contributed by atoms with E-state index in [4.69, 9.17) is 9.84 Å². The molecule has 0 bridgehead atoms. The number of aromatic nitrogens is 1. The van der Waals surface area contributed by atoms with E-state index in [1.54, 1.807) is 22.6 Å². The van der Waals surface area contributed by atoms with Gasteiger partial charge in [0.25, 0.3) is 0 Å². The van der Waals surface area contributed by atoms with Crippen LogP contribution in [-0.4, -0.2) is 29.5 Å². The van der Waals surface area contributed by atoms with Crippen LogP contribution in [0.5, 0.6) is 11.6 Å². The highest BCUT2D eigenvalue weighted by Crippen LogP contribution is 2.35. The lowest BCUT2D eigenvalue weighted by Gasteiger charge is -2.15. The summed E-state index contributed by atoms with van der Waals surface area (Å²) in [5, 5.41) is 8.61. The molecule has 1 heterocycles. The Morgan fingerprint density at radius 3 is 2.61 bits per heavy atom. The fourth-order valence-electron chi connectivity index (χ4n) is 1.15. The maximum Gasteiger partial charge on any atom is 0.573 e. The molecule has 0 aromatic carbocycles. The lowest BCUT2D eigenvalue weighted by atomic mass is 10.2. The molecular formula is C9H7F3INO4. The third-order valence-corrected chi connectivity index (χ3v) is 2.72. The molecule has 0 aliphatic heterocycles. The van der Waals surface area contributed by atoms with E-state index in [0.717, 1.165) is 6.20 Å². The average molecular weight is 377 g/mol. The van der Waals surface area contributed by atoms with Crippen molar-refractivity contribution in [3.63, 3.8) is 0 Å². The van der Waals surface area contributed by atoms with Crippen LogP contribution >= 0.6 is 22.6 Å². The second kappa shape index (κ2) is 5.59. The van der Waals surface area contributed by atoms with Crippen molar-refractivity contribution in [2.75, 3.05) is 7.11 Å². The second-order valence-electron chi connectivity index (χ2n) is 3.05. The van der Waals surface area contributed by atoms with E-state index in [1.807, 2.05) is 0 Å². The van der Waals surface area contributed by atoms with Gasteiger partial charge < -0.3 is 14.6 Å². The lowest BCUT2D eigenvalue weighted by molar-refractivity contribution is -0.275. The fourth-order valence-corrected chi connectivity index (χ4v) is 1.96. The van der Waals surface area contributed by atoms with Crippen LogP contribution in [0.3, 0.4) is 0 Å². The summed E-state index contributed by atoms with van der Waals surface area (Å²) in [5.74, 6) is -1.95. The molecule has 9 heteroatoms. The first kappa shape index (κ1) is 14.8. The predicted octanol–water partition coefficient (Wildman–Crippen LogP) is 2.22. The van der Waals surface area contributed by atoms with Gasteiger partial charge in [-0.1, -0.05) is 0 Å². The topological polar surface area (TPSA) is 68.7 Å². The largest absolute Gasteiger partial charge is 0.573 e. The maximum atomic E-state index is 12.2. The molecule has 100 valence electrons. The molecule has 0 amide bonds. The van der Waals surface area contributed by atoms with Crippen molar-refractivity contribution in [3.05, 3.63) is 15.3 Å². The van der Waals surface area contributed by atoms with Gasteiger partial charge in [-0.05, 0) is 22.6 Å². The first-order valence-electron chi connectivity index (χ1n) is 4.43. The average Bonchev–Trinajstić information content (AvgIpc) is 2.21. The van der Waals surface area contributed by atoms with E-state index < -0.39 is 24.5 Å². The van der Waals surface area contributed by atoms with Crippen molar-refractivity contribution in [3.8, 4) is 11.6 Å². The van der Waals surface area contributed by atoms with Gasteiger partial charge in [-0.25, -0.2) is 4.98 Å². The monoisotopic (exact) mass is 377 g/mol. The van der Waals surface area contributed by atoms with Crippen LogP contribution in [0.2, 0.25) is 0 Å². The van der Waals surface area contributed by atoms with Crippen molar-refractivity contribution in [2.24, 2.45) is 0 Å². The van der Waals surface area contributed by atoms with Gasteiger partial charge >= 0.3 is 12.3 Å². The van der Waals surface area contributed by atoms with Gasteiger partial charge in [0.15, 0.2) is 5.75 Å². The Kier molecular flexibility index (Phi) is 4.59. The molecule has 1 rings (SSSR count). The summed E-state index contributed by atoms with van der Waals surface area (Å²) in [6, 6.07) is 0. The van der Waals surface area contributed by atoms with Gasteiger partial charge in [-0.2, -0.15) is 0 Å². The van der Waals surface area contributed by atoms with E-state index in [1.165, 1.54) is 7.11 Å². The minimum Gasteiger partial charge on any atom is -0.481 e. The van der Waals surface area contributed by atoms with Gasteiger partial charge in [-0.3, -0.25) is 4.79 Å². The highest BCUT2D eigenvalue weighted by Gasteiger charge is 2.34. The number of hydrogen-bond acceptors (Lipinski definition) is 4. The van der Waals surface area contributed by atoms with Crippen molar-refractivity contribution >= 4 is 28.6 Å². The number of alkyl halides is 3. The van der Waals surface area contributed by atoms with E-state index in [2.05, 4.69) is 9.72 Å². The van der Waals surface area contributed by atoms with Crippen LogP contribution in [0.15, 0.2) is 6.20 Å². The molecule has 0 saturated heterocycles. The maximum absolute atomic E-state index is 12.2. The van der Waals surface area contributed by atoms with E-state index in [-0.39, 0.29) is 15.0 Å². The van der Waals surface area contributed by atoms with Crippen molar-refractivity contribution < 1.29 is 32.5 Å². The van der Waals surface area contributed by atoms with Gasteiger partial charge in [-0.15, -0.1) is 13.2 Å². The SMILES string of the molecule is COc1ncc(CC(=O)O)c(OC(F)(F)F)c1I. The molecule has 1 N–H and O–H groups in total. The zero-order valence-electron chi connectivity index (χ0n) is 8.92. The Hall–Kier alpha value is -1.26. The molecule has 0 saturated carbocycles. The smallest absolute Gasteiger partial charge is 0.481 e. The van der Waals surface area contributed by atoms with Crippen molar-refractivity contribution in [1.29, 1.82) is 0 Å². The molecular weight excluding hydrogens is 370 g/mol. The number of ether oxygens (including phenoxy) is 2. The molecule has 1 aromatic rings. The number of nitrogens with zero attached hydrogens (tertiary/aromatic N) is 1. The predicted molar refractivity (Wildman–Crippen MR) is 61.5 cm³/mol. The highest BCUT2D eigenvalue weighted by atomic mass is 127. The molecule has 0 unspecified atom stereocenters. The number of pyridine rings is 1. The first-order valence-corrected chi connectivity index (χ1v) is 5.51. The van der Waals surface area contributed by atoms with E-state index >= 15 is 0 Å². The molecule has 18 heavy (non-hydrogen) atoms. The Morgan fingerprint density at radius 2 is 2.17 bits per heavy atom. The zero-order chi connectivity index (χ0) is 13.9. The van der Waals surface area contributed by atoms with Crippen LogP contribution < -0.4 is 9.47 Å². The Morgan fingerprint density at radius 1 is 1.56 bits per heavy atom. The van der Waals surface area contributed by atoms with Crippen LogP contribution in [0.4, 0.5) is 13.2 Å². The summed E-state index contributed by atoms with van der Waals surface area (Å²) in [6.07, 6.45) is -4.56. The zero-order valence-corrected chi connectivity index (χ0v) is 11.1. The van der Waals surface area contributed by atoms with Crippen LogP contribution in [0.1, 0.15) is 5.56 Å². The number of carboxylic acid groups (broad SMARTS) is 1. The molecule has 1 aromatic heterocycles. The molecule has 0 atom stereocenters. The third kappa shape index (κ3) is 3.89. The minimum absolute atomic E-state index is 0.0359.